The van der Waals surface area contributed by atoms with Gasteiger partial charge in [-0.25, -0.2) is 52.7 Å². The van der Waals surface area contributed by atoms with Crippen molar-refractivity contribution in [3.05, 3.63) is 177 Å². The number of aromatic carboxylic acids is 2. The zero-order chi connectivity index (χ0) is 80.0. The van der Waals surface area contributed by atoms with Crippen LogP contribution in [0.2, 0.25) is 0 Å². The van der Waals surface area contributed by atoms with Crippen LogP contribution in [0.3, 0.4) is 0 Å². The van der Waals surface area contributed by atoms with Gasteiger partial charge in [-0.1, -0.05) is 85.2 Å². The van der Waals surface area contributed by atoms with Gasteiger partial charge in [-0.15, -0.1) is 0 Å². The quantitative estimate of drug-likeness (QED) is 0.0121. The minimum Gasteiger partial charge on any atom is -0.493 e. The first-order chi connectivity index (χ1) is 46.7. The molecule has 0 fully saturated rings. The highest BCUT2D eigenvalue weighted by atomic mass is 32.2. The van der Waals surface area contributed by atoms with E-state index in [-0.39, 0.29) is 110 Å². The second kappa shape index (κ2) is 61.6. The van der Waals surface area contributed by atoms with Gasteiger partial charge in [0.25, 0.3) is 10.1 Å². The summed E-state index contributed by atoms with van der Waals surface area (Å²) in [5.74, 6) is -10.6. The predicted octanol–water partition coefficient (Wildman–Crippen LogP) is 7.28. The lowest BCUT2D eigenvalue weighted by atomic mass is 9.90. The van der Waals surface area contributed by atoms with Gasteiger partial charge in [0, 0.05) is 59.4 Å². The Bertz CT molecular complexity index is 3260. The van der Waals surface area contributed by atoms with Crippen LogP contribution in [0, 0.1) is 5.41 Å². The molecule has 0 saturated heterocycles. The molecule has 2 rings (SSSR count). The maximum absolute atomic E-state index is 11.7. The summed E-state index contributed by atoms with van der Waals surface area (Å²) in [6, 6.07) is 11.8. The fourth-order valence-corrected chi connectivity index (χ4v) is 5.92. The summed E-state index contributed by atoms with van der Waals surface area (Å²) in [6.45, 7) is 38.5. The number of carboxylic acid groups (broad SMARTS) is 6. The number of carbonyl (C=O) groups excluding carboxylic acids is 9. The van der Waals surface area contributed by atoms with E-state index in [9.17, 15) is 80.3 Å². The van der Waals surface area contributed by atoms with Crippen LogP contribution in [0.15, 0.2) is 160 Å². The topological polar surface area (TPSA) is 515 Å². The minimum atomic E-state index is -4.02. The summed E-state index contributed by atoms with van der Waals surface area (Å²) in [5, 5.41) is 49.5. The zero-order valence-corrected chi connectivity index (χ0v) is 58.0. The second-order valence-electron chi connectivity index (χ2n) is 19.2. The van der Waals surface area contributed by atoms with E-state index in [0.29, 0.717) is 24.4 Å². The van der Waals surface area contributed by atoms with Crippen LogP contribution in [0.5, 0.6) is 5.75 Å². The van der Waals surface area contributed by atoms with E-state index in [1.54, 1.807) is 32.9 Å². The van der Waals surface area contributed by atoms with Gasteiger partial charge in [0.1, 0.15) is 38.8 Å². The molecule has 0 radical (unpaired) electrons. The average Bonchev–Trinajstić information content (AvgIpc) is 0.863. The Hall–Kier alpha value is -11.9. The van der Waals surface area contributed by atoms with Crippen molar-refractivity contribution in [1.29, 1.82) is 0 Å². The number of benzene rings is 2. The molecule has 34 heteroatoms. The Morgan fingerprint density at radius 1 is 0.465 bits per heavy atom. The van der Waals surface area contributed by atoms with Gasteiger partial charge in [0.15, 0.2) is 5.78 Å². The number of carboxylic acids is 6. The number of hydrogen-bond donors (Lipinski definition) is 7. The molecule has 0 heterocycles. The van der Waals surface area contributed by atoms with Gasteiger partial charge in [-0.2, -0.15) is 8.42 Å². The van der Waals surface area contributed by atoms with Crippen molar-refractivity contribution in [2.24, 2.45) is 5.41 Å². The number of carbonyl (C=O) groups is 15. The molecule has 2 aromatic rings. The molecule has 0 aromatic heterocycles. The van der Waals surface area contributed by atoms with E-state index < -0.39 is 98.9 Å². The molecular weight excluding hydrogens is 1360 g/mol. The Morgan fingerprint density at radius 2 is 0.881 bits per heavy atom. The van der Waals surface area contributed by atoms with Crippen molar-refractivity contribution in [1.82, 2.24) is 0 Å². The maximum atomic E-state index is 11.7. The van der Waals surface area contributed by atoms with E-state index in [1.165, 1.54) is 71.4 Å². The van der Waals surface area contributed by atoms with Crippen LogP contribution in [-0.2, 0) is 106 Å². The third-order valence-electron chi connectivity index (χ3n) is 9.44. The van der Waals surface area contributed by atoms with Gasteiger partial charge in [-0.3, -0.25) is 23.7 Å². The van der Waals surface area contributed by atoms with Crippen molar-refractivity contribution in [3.8, 4) is 5.75 Å². The fraction of sp³-hybridized carbons (Fsp3) is 0.328. The van der Waals surface area contributed by atoms with E-state index in [2.05, 4.69) is 82.9 Å². The van der Waals surface area contributed by atoms with E-state index in [0.717, 1.165) is 30.4 Å². The SMILES string of the molecule is C=C(C)C(=O)O.C=C(C)C(=O)OC.C=C(C)C(=O)OCCOC(=O)CCC(=O)O.C=C(C)C(=O)OCCOC(=O)c1ccccc1C(=O)O.C=CC(=O)CC(C)(C)CS(=O)(=O)O.C=CC(=O)O.C=CC(=O)OC.C=CC(=O)OCCC(=O)O.C=CC(=O)OCCCOc1ccc(C(=O)O)cc1. The monoisotopic (exact) mass is 1450 g/mol. The molecule has 0 aliphatic carbocycles. The van der Waals surface area contributed by atoms with Crippen molar-refractivity contribution in [3.63, 3.8) is 0 Å². The summed E-state index contributed by atoms with van der Waals surface area (Å²) in [6.07, 6.45) is 5.17. The Balaban J connectivity index is -0.000000204. The first kappa shape index (κ1) is 103. The minimum absolute atomic E-state index is 0.0498. The Labute approximate surface area is 583 Å². The van der Waals surface area contributed by atoms with Crippen LogP contribution in [0.25, 0.3) is 0 Å². The highest BCUT2D eigenvalue weighted by Gasteiger charge is 2.27. The van der Waals surface area contributed by atoms with E-state index in [1.807, 2.05) is 0 Å². The summed E-state index contributed by atoms with van der Waals surface area (Å²) < 4.78 is 71.4. The summed E-state index contributed by atoms with van der Waals surface area (Å²) >= 11 is 0. The molecule has 560 valence electrons. The fourth-order valence-electron chi connectivity index (χ4n) is 4.83. The summed E-state index contributed by atoms with van der Waals surface area (Å²) in [5.41, 5.74) is 0.381. The van der Waals surface area contributed by atoms with Crippen LogP contribution in [0.4, 0.5) is 0 Å². The molecule has 0 saturated carbocycles. The van der Waals surface area contributed by atoms with E-state index in [4.69, 9.17) is 54.1 Å². The standard InChI is InChI=1S/C14H14O6.C13H14O5.C10H14O6.C8H14O4S.C6H8O4.C5H8O2.2C4H6O2.C3H4O2/c1-9(2)13(17)19-7-8-20-14(18)11-6-4-3-5-10(11)12(15)16;1-2-12(14)18-9-3-8-17-11-6-4-10(5-7-11)13(15)16;1-7(2)10(14)16-6-5-15-9(13)4-3-8(11)12;1-4-7(9)5-8(2,3)6-13(10,11)12;1-2-6(9)10-4-3-5(7)8;1-4(2)5(6)7-3;1-3-4(5)6-2;1-3(2)4(5)6;1-2-3(4)5/h3-6H,1,7-8H2,2H3,(H,15,16);2,4-7H,1,3,8-9H2,(H,15,16);1,3-6H2,2H3,(H,11,12);4H,1,5-6H2,2-3H3,(H,10,11,12);2H,1,3-4H2,(H,7,8);1H2,2-3H3;3H,1H2,2H3;1H2,2H3,(H,5,6);2H,1H2,(H,4,5). The number of hydrogen-bond acceptors (Lipinski definition) is 26. The molecule has 101 heavy (non-hydrogen) atoms. The van der Waals surface area contributed by atoms with Crippen LogP contribution in [-0.4, -0.2) is 199 Å². The maximum Gasteiger partial charge on any atom is 0.339 e. The lowest BCUT2D eigenvalue weighted by Gasteiger charge is -2.20. The Morgan fingerprint density at radius 3 is 1.21 bits per heavy atom. The molecule has 0 atom stereocenters. The van der Waals surface area contributed by atoms with Crippen molar-refractivity contribution in [2.45, 2.75) is 73.6 Å². The van der Waals surface area contributed by atoms with Crippen LogP contribution < -0.4 is 4.74 Å². The number of allylic oxidation sites excluding steroid dienone is 1. The number of ketones is 1. The van der Waals surface area contributed by atoms with Gasteiger partial charge >= 0.3 is 83.6 Å². The number of rotatable bonds is 33. The molecule has 0 bridgehead atoms. The third-order valence-corrected chi connectivity index (χ3v) is 10.6. The number of methoxy groups -OCH3 is 2. The third kappa shape index (κ3) is 72.2. The molecule has 0 amide bonds. The Kier molecular flexibility index (Phi) is 62.6. The summed E-state index contributed by atoms with van der Waals surface area (Å²) in [7, 11) is -1.38. The van der Waals surface area contributed by atoms with Crippen molar-refractivity contribution >= 4 is 99.5 Å². The predicted molar refractivity (Wildman–Crippen MR) is 360 cm³/mol. The average molecular weight is 1450 g/mol. The van der Waals surface area contributed by atoms with Gasteiger partial charge in [-0.05, 0) is 75.6 Å². The molecular formula is C67H88O33S. The normalized spacial score (nSPS) is 9.24. The highest BCUT2D eigenvalue weighted by molar-refractivity contribution is 7.85. The molecule has 33 nitrogen and oxygen atoms in total. The molecule has 0 spiro atoms. The van der Waals surface area contributed by atoms with Gasteiger partial charge < -0.3 is 73.3 Å². The number of ether oxygens (including phenoxy) is 9. The van der Waals surface area contributed by atoms with Crippen LogP contribution >= 0.6 is 0 Å². The molecule has 0 aliphatic rings. The smallest absolute Gasteiger partial charge is 0.339 e. The van der Waals surface area contributed by atoms with Crippen molar-refractivity contribution < 1.29 is 158 Å². The second-order valence-corrected chi connectivity index (χ2v) is 20.7. The van der Waals surface area contributed by atoms with Crippen LogP contribution in [0.1, 0.15) is 105 Å². The highest BCUT2D eigenvalue weighted by Crippen LogP contribution is 2.23. The molecule has 2 aromatic carbocycles. The van der Waals surface area contributed by atoms with Gasteiger partial charge in [0.05, 0.1) is 69.1 Å². The first-order valence-corrected chi connectivity index (χ1v) is 29.9. The summed E-state index contributed by atoms with van der Waals surface area (Å²) in [4.78, 5) is 157. The largest absolute Gasteiger partial charge is 0.493 e. The lowest BCUT2D eigenvalue weighted by Crippen LogP contribution is -2.26. The number of aliphatic carboxylic acids is 4. The van der Waals surface area contributed by atoms with E-state index >= 15 is 0 Å². The first-order valence-electron chi connectivity index (χ1n) is 28.3. The molecule has 0 unspecified atom stereocenters. The van der Waals surface area contributed by atoms with Crippen molar-refractivity contribution in [2.75, 3.05) is 66.2 Å². The van der Waals surface area contributed by atoms with Gasteiger partial charge in [0.2, 0.25) is 0 Å². The number of esters is 8. The molecule has 0 aliphatic heterocycles. The molecule has 7 N–H and O–H groups in total. The lowest BCUT2D eigenvalue weighted by molar-refractivity contribution is -0.151. The zero-order valence-electron chi connectivity index (χ0n) is 57.2.